The summed E-state index contributed by atoms with van der Waals surface area (Å²) in [5, 5.41) is 0. The fourth-order valence-corrected chi connectivity index (χ4v) is 10.3. The molecule has 91 heavy (non-hydrogen) atoms. The van der Waals surface area contributed by atoms with Gasteiger partial charge in [-0.05, 0) is 12.1 Å². The number of ether oxygens (including phenoxy) is 20. The van der Waals surface area contributed by atoms with Crippen molar-refractivity contribution >= 4 is 83.6 Å². The third-order valence-corrected chi connectivity index (χ3v) is 13.2. The third-order valence-electron chi connectivity index (χ3n) is 13.2. The Morgan fingerprint density at radius 2 is 0.484 bits per heavy atom. The van der Waals surface area contributed by atoms with Crippen molar-refractivity contribution in [1.82, 2.24) is 4.98 Å². The minimum Gasteiger partial charge on any atom is -0.463 e. The molecule has 0 radical (unpaired) electrons. The number of aromatic nitrogens is 1. The molecule has 1 aromatic heterocycles. The number of nitrogens with one attached hydrogen (secondary N) is 1. The second-order valence-corrected chi connectivity index (χ2v) is 20.8. The van der Waals surface area contributed by atoms with Crippen LogP contribution in [0, 0.1) is 0 Å². The van der Waals surface area contributed by atoms with Gasteiger partial charge in [-0.2, -0.15) is 0 Å². The molecule has 506 valence electrons. The molecule has 35 nitrogen and oxygen atoms in total. The number of aromatic amines is 1. The van der Waals surface area contributed by atoms with Gasteiger partial charge in [-0.25, -0.2) is 0 Å². The number of esters is 14. The standard InChI is InChI=1S/C56H73NO34/c1-21(58)72-17-37-45(90-55-53(84-33(13)70)51(82-31(11)68)43(76-25(5)62)39(88-55)19-74-23(3)60)49(80-29(9)66)47(78-27(7)64)41(86-37)35-15-16-36(57-35)42-48(79-28(8)65)50(81-30(10)67)46(38(87-42)18-73-22(2)59)91-56-54(85-34(14)71)52(83-32(12)69)44(77-26(6)63)40(89-56)20-75-24(4)61/h15-16,37-57H,17-20H2,1-14H3/t37-,38-,39-,40-,41-,42-,43-,44-,45-,46-,47+,48+,49+,50+,51+,52+,53-,54-,55-,56-/m1/s1. The lowest BCUT2D eigenvalue weighted by Gasteiger charge is -2.49. The molecule has 4 aliphatic rings. The molecule has 5 heterocycles. The minimum absolute atomic E-state index is 0.0985. The fraction of sp³-hybridized carbons (Fsp3) is 0.679. The zero-order chi connectivity index (χ0) is 67.9. The molecule has 1 N–H and O–H groups in total. The lowest BCUT2D eigenvalue weighted by atomic mass is 9.92. The highest BCUT2D eigenvalue weighted by molar-refractivity contribution is 5.72. The molecule has 0 spiro atoms. The molecular weight excluding hydrogens is 1230 g/mol. The van der Waals surface area contributed by atoms with Crippen molar-refractivity contribution in [2.45, 2.75) is 219 Å². The first-order chi connectivity index (χ1) is 42.6. The van der Waals surface area contributed by atoms with Gasteiger partial charge in [0.2, 0.25) is 0 Å². The summed E-state index contributed by atoms with van der Waals surface area (Å²) in [5.41, 5.74) is -0.197. The van der Waals surface area contributed by atoms with Crippen LogP contribution in [0.25, 0.3) is 0 Å². The number of carbonyl (C=O) groups excluding carboxylic acids is 14. The fourth-order valence-electron chi connectivity index (χ4n) is 10.3. The van der Waals surface area contributed by atoms with Gasteiger partial charge in [0.25, 0.3) is 0 Å². The molecular formula is C56H73NO34. The Labute approximate surface area is 518 Å². The molecule has 4 saturated heterocycles. The van der Waals surface area contributed by atoms with Crippen LogP contribution in [0.5, 0.6) is 0 Å². The van der Waals surface area contributed by atoms with Gasteiger partial charge >= 0.3 is 83.6 Å². The average molecular weight is 1300 g/mol. The predicted molar refractivity (Wildman–Crippen MR) is 285 cm³/mol. The van der Waals surface area contributed by atoms with Crippen LogP contribution in [-0.4, -0.2) is 225 Å². The van der Waals surface area contributed by atoms with Crippen molar-refractivity contribution in [3.05, 3.63) is 23.5 Å². The van der Waals surface area contributed by atoms with Crippen LogP contribution in [-0.2, 0) is 162 Å². The second kappa shape index (κ2) is 33.1. The van der Waals surface area contributed by atoms with E-state index in [1.807, 2.05) is 0 Å². The van der Waals surface area contributed by atoms with Crippen molar-refractivity contribution < 1.29 is 162 Å². The molecule has 0 aliphatic carbocycles. The highest BCUT2D eigenvalue weighted by atomic mass is 16.8. The first-order valence-corrected chi connectivity index (χ1v) is 28.0. The maximum Gasteiger partial charge on any atom is 0.303 e. The van der Waals surface area contributed by atoms with E-state index in [4.69, 9.17) is 94.7 Å². The van der Waals surface area contributed by atoms with E-state index in [1.54, 1.807) is 0 Å². The van der Waals surface area contributed by atoms with Gasteiger partial charge in [0.15, 0.2) is 73.6 Å². The van der Waals surface area contributed by atoms with E-state index in [0.29, 0.717) is 0 Å². The molecule has 0 aromatic carbocycles. The quantitative estimate of drug-likeness (QED) is 0.102. The van der Waals surface area contributed by atoms with Crippen LogP contribution in [0.15, 0.2) is 12.1 Å². The van der Waals surface area contributed by atoms with Crippen molar-refractivity contribution in [3.8, 4) is 0 Å². The molecule has 35 heteroatoms. The Balaban J connectivity index is 1.68. The highest BCUT2D eigenvalue weighted by Crippen LogP contribution is 2.44. The van der Waals surface area contributed by atoms with E-state index < -0.39 is 232 Å². The predicted octanol–water partition coefficient (Wildman–Crippen LogP) is -0.316. The summed E-state index contributed by atoms with van der Waals surface area (Å²) < 4.78 is 116. The van der Waals surface area contributed by atoms with Crippen molar-refractivity contribution in [3.63, 3.8) is 0 Å². The lowest BCUT2D eigenvalue weighted by Crippen LogP contribution is -2.66. The van der Waals surface area contributed by atoms with Gasteiger partial charge in [-0.3, -0.25) is 67.1 Å². The number of hydrogen-bond acceptors (Lipinski definition) is 34. The largest absolute Gasteiger partial charge is 0.463 e. The molecule has 20 atom stereocenters. The minimum atomic E-state index is -2.01. The zero-order valence-corrected chi connectivity index (χ0v) is 51.9. The van der Waals surface area contributed by atoms with Gasteiger partial charge in [0.05, 0.1) is 0 Å². The lowest BCUT2D eigenvalue weighted by molar-refractivity contribution is -0.346. The molecule has 4 aliphatic heterocycles. The topological polar surface area (TPSA) is 439 Å². The summed E-state index contributed by atoms with van der Waals surface area (Å²) >= 11 is 0. The SMILES string of the molecule is CC(=O)OC[C@H]1O[C@H](c2ccc([C@H]3O[C@H](COC(C)=O)[C@@H](O[C@H]4O[C@H](COC(C)=O)[C@@H](OC(C)=O)[C@H](OC(C)=O)[C@H]4OC(C)=O)[C@H](OC(C)=O)[C@H]3OC(C)=O)[nH]2)[C@H](OC(C)=O)[C@@H](OC(C)=O)[C@@H]1O[C@H]1O[C@H](COC(C)=O)[C@@H](OC(C)=O)[C@H](OC(C)=O)[C@H]1OC(C)=O. The molecule has 0 unspecified atom stereocenters. The molecule has 1 aromatic rings. The first-order valence-electron chi connectivity index (χ1n) is 28.0. The zero-order valence-electron chi connectivity index (χ0n) is 51.9. The maximum absolute atomic E-state index is 13.3. The highest BCUT2D eigenvalue weighted by Gasteiger charge is 2.60. The smallest absolute Gasteiger partial charge is 0.303 e. The average Bonchev–Trinajstić information content (AvgIpc) is 1.68. The van der Waals surface area contributed by atoms with E-state index in [9.17, 15) is 67.1 Å². The molecule has 0 bridgehead atoms. The van der Waals surface area contributed by atoms with Gasteiger partial charge < -0.3 is 99.7 Å². The summed E-state index contributed by atoms with van der Waals surface area (Å²) in [4.78, 5) is 181. The third kappa shape index (κ3) is 21.1. The second-order valence-electron chi connectivity index (χ2n) is 20.8. The van der Waals surface area contributed by atoms with E-state index in [0.717, 1.165) is 96.9 Å². The normalized spacial score (nSPS) is 31.0. The summed E-state index contributed by atoms with van der Waals surface area (Å²) in [6.07, 6.45) is -35.7. The Kier molecular flexibility index (Phi) is 26.7. The number of hydrogen-bond donors (Lipinski definition) is 1. The first kappa shape index (κ1) is 73.4. The molecule has 5 rings (SSSR count). The molecule has 0 saturated carbocycles. The Hall–Kier alpha value is -8.38. The van der Waals surface area contributed by atoms with E-state index in [2.05, 4.69) is 4.98 Å². The van der Waals surface area contributed by atoms with Crippen LogP contribution in [0.3, 0.4) is 0 Å². The summed E-state index contributed by atoms with van der Waals surface area (Å²) in [5.74, 6) is -13.6. The van der Waals surface area contributed by atoms with Crippen LogP contribution >= 0.6 is 0 Å². The molecule has 0 amide bonds. The van der Waals surface area contributed by atoms with Crippen LogP contribution in [0.4, 0.5) is 0 Å². The number of H-pyrrole nitrogens is 1. The maximum atomic E-state index is 13.3. The van der Waals surface area contributed by atoms with E-state index in [-0.39, 0.29) is 11.4 Å². The molecule has 4 fully saturated rings. The Morgan fingerprint density at radius 1 is 0.275 bits per heavy atom. The van der Waals surface area contributed by atoms with Gasteiger partial charge in [-0.1, -0.05) is 0 Å². The van der Waals surface area contributed by atoms with Crippen LogP contribution in [0.1, 0.15) is 121 Å². The monoisotopic (exact) mass is 1300 g/mol. The van der Waals surface area contributed by atoms with E-state index in [1.165, 1.54) is 12.1 Å². The summed E-state index contributed by atoms with van der Waals surface area (Å²) in [7, 11) is 0. The summed E-state index contributed by atoms with van der Waals surface area (Å²) in [6, 6.07) is 2.64. The number of carbonyl (C=O) groups is 14. The van der Waals surface area contributed by atoms with Gasteiger partial charge in [0, 0.05) is 108 Å². The van der Waals surface area contributed by atoms with Crippen molar-refractivity contribution in [2.75, 3.05) is 26.4 Å². The van der Waals surface area contributed by atoms with Crippen LogP contribution in [0.2, 0.25) is 0 Å². The Morgan fingerprint density at radius 3 is 0.725 bits per heavy atom. The van der Waals surface area contributed by atoms with E-state index >= 15 is 0 Å². The van der Waals surface area contributed by atoms with Crippen molar-refractivity contribution in [2.24, 2.45) is 0 Å². The summed E-state index contributed by atoms with van der Waals surface area (Å²) in [6.45, 7) is 10.9. The van der Waals surface area contributed by atoms with Crippen LogP contribution < -0.4 is 0 Å². The number of rotatable bonds is 24. The van der Waals surface area contributed by atoms with Gasteiger partial charge in [-0.15, -0.1) is 0 Å². The van der Waals surface area contributed by atoms with Gasteiger partial charge in [0.1, 0.15) is 75.3 Å². The van der Waals surface area contributed by atoms with Crippen molar-refractivity contribution in [1.29, 1.82) is 0 Å². The Bertz CT molecular complexity index is 2660.